The van der Waals surface area contributed by atoms with Crippen LogP contribution in [0, 0.1) is 0 Å². The smallest absolute Gasteiger partial charge is 0.229 e. The van der Waals surface area contributed by atoms with Crippen molar-refractivity contribution in [1.82, 2.24) is 35.6 Å². The van der Waals surface area contributed by atoms with Crippen molar-refractivity contribution in [3.05, 3.63) is 71.0 Å². The number of likely N-dealkylation sites (tertiary alicyclic amines) is 1. The average molecular weight is 695 g/mol. The maximum Gasteiger partial charge on any atom is 0.229 e. The maximum absolute atomic E-state index is 13.1. The highest BCUT2D eigenvalue weighted by Gasteiger charge is 2.37. The van der Waals surface area contributed by atoms with E-state index in [4.69, 9.17) is 14.5 Å². The molecule has 270 valence electrons. The lowest BCUT2D eigenvalue weighted by atomic mass is 9.99. The van der Waals surface area contributed by atoms with Crippen molar-refractivity contribution in [3.63, 3.8) is 0 Å². The molecule has 3 aliphatic heterocycles. The predicted octanol–water partition coefficient (Wildman–Crippen LogP) is 4.15. The van der Waals surface area contributed by atoms with Gasteiger partial charge in [-0.15, -0.1) is 0 Å². The maximum atomic E-state index is 13.1. The van der Waals surface area contributed by atoms with Gasteiger partial charge in [0.25, 0.3) is 0 Å². The summed E-state index contributed by atoms with van der Waals surface area (Å²) < 4.78 is 13.2. The zero-order valence-electron chi connectivity index (χ0n) is 30.0. The molecule has 51 heavy (non-hydrogen) atoms. The van der Waals surface area contributed by atoms with Gasteiger partial charge in [-0.2, -0.15) is 5.10 Å². The molecule has 2 aromatic carbocycles. The van der Waals surface area contributed by atoms with E-state index in [1.165, 1.54) is 12.0 Å². The Morgan fingerprint density at radius 1 is 1.04 bits per heavy atom. The van der Waals surface area contributed by atoms with E-state index in [-0.39, 0.29) is 30.8 Å². The fourth-order valence-corrected chi connectivity index (χ4v) is 7.76. The number of benzene rings is 2. The van der Waals surface area contributed by atoms with Gasteiger partial charge in [-0.1, -0.05) is 31.2 Å². The van der Waals surface area contributed by atoms with Crippen molar-refractivity contribution in [2.75, 3.05) is 38.7 Å². The number of hydrogen-bond acceptors (Lipinski definition) is 9. The van der Waals surface area contributed by atoms with Crippen LogP contribution in [0.3, 0.4) is 0 Å². The number of carbonyl (C=O) groups is 2. The lowest BCUT2D eigenvalue weighted by Gasteiger charge is -2.27. The number of nitrogens with zero attached hydrogens (tertiary/aromatic N) is 4. The normalized spacial score (nSPS) is 19.0. The predicted molar refractivity (Wildman–Crippen MR) is 197 cm³/mol. The second-order valence-corrected chi connectivity index (χ2v) is 13.9. The summed E-state index contributed by atoms with van der Waals surface area (Å²) in [6.07, 6.45) is 5.31. The molecule has 2 amide bonds. The molecule has 0 unspecified atom stereocenters. The second-order valence-electron chi connectivity index (χ2n) is 13.9. The van der Waals surface area contributed by atoms with Gasteiger partial charge in [0, 0.05) is 87.4 Å². The minimum absolute atomic E-state index is 0.254. The number of methoxy groups -OCH3 is 1. The monoisotopic (exact) mass is 694 g/mol. The van der Waals surface area contributed by atoms with Crippen molar-refractivity contribution in [3.8, 4) is 16.9 Å². The lowest BCUT2D eigenvalue weighted by Crippen LogP contribution is -2.42. The fraction of sp³-hybridized carbons (Fsp3) is 0.487. The number of pyridine rings is 1. The Hall–Kier alpha value is -4.52. The third-order valence-electron chi connectivity index (χ3n) is 10.5. The van der Waals surface area contributed by atoms with E-state index in [2.05, 4.69) is 68.5 Å². The van der Waals surface area contributed by atoms with E-state index >= 15 is 0 Å². The SMILES string of the molecule is CCc1nc2c(cnn2CC)c(NC2CCOCC2)c1CNC(=O)CC(=O)NCc1ccc(OC)c(-c2cccc(CN3C[C@@H]4C[C@H]3CN4)c2)c1. The van der Waals surface area contributed by atoms with Crippen LogP contribution in [0.25, 0.3) is 22.2 Å². The molecule has 3 saturated heterocycles. The lowest BCUT2D eigenvalue weighted by molar-refractivity contribution is -0.129. The third-order valence-corrected chi connectivity index (χ3v) is 10.5. The topological polar surface area (TPSA) is 135 Å². The first-order chi connectivity index (χ1) is 24.9. The first-order valence-corrected chi connectivity index (χ1v) is 18.4. The number of rotatable bonds is 14. The Morgan fingerprint density at radius 2 is 1.86 bits per heavy atom. The molecule has 3 aliphatic rings. The van der Waals surface area contributed by atoms with Crippen molar-refractivity contribution >= 4 is 28.5 Å². The molecule has 2 atom stereocenters. The van der Waals surface area contributed by atoms with Crippen molar-refractivity contribution < 1.29 is 19.1 Å². The minimum Gasteiger partial charge on any atom is -0.496 e. The third kappa shape index (κ3) is 7.88. The van der Waals surface area contributed by atoms with Gasteiger partial charge in [-0.05, 0) is 67.5 Å². The highest BCUT2D eigenvalue weighted by atomic mass is 16.5. The molecule has 3 fully saturated rings. The number of anilines is 1. The summed E-state index contributed by atoms with van der Waals surface area (Å²) in [5.41, 5.74) is 7.87. The van der Waals surface area contributed by atoms with Crippen LogP contribution in [0.4, 0.5) is 5.69 Å². The van der Waals surface area contributed by atoms with Crippen LogP contribution >= 0.6 is 0 Å². The van der Waals surface area contributed by atoms with E-state index in [1.807, 2.05) is 29.9 Å². The highest BCUT2D eigenvalue weighted by molar-refractivity contribution is 5.97. The van der Waals surface area contributed by atoms with Crippen LogP contribution in [-0.4, -0.2) is 83.0 Å². The van der Waals surface area contributed by atoms with E-state index in [0.717, 1.165) is 82.9 Å². The van der Waals surface area contributed by atoms with Crippen LogP contribution < -0.4 is 26.0 Å². The van der Waals surface area contributed by atoms with Crippen LogP contribution in [0.1, 0.15) is 61.9 Å². The molecular weight excluding hydrogens is 644 g/mol. The fourth-order valence-electron chi connectivity index (χ4n) is 7.76. The van der Waals surface area contributed by atoms with Crippen LogP contribution in [0.15, 0.2) is 48.7 Å². The molecule has 4 N–H and O–H groups in total. The summed E-state index contributed by atoms with van der Waals surface area (Å²) in [5.74, 6) is 0.0957. The number of ether oxygens (including phenoxy) is 2. The van der Waals surface area contributed by atoms with Gasteiger partial charge in [0.1, 0.15) is 12.2 Å². The van der Waals surface area contributed by atoms with Gasteiger partial charge in [-0.3, -0.25) is 14.5 Å². The molecular formula is C39H50N8O4. The summed E-state index contributed by atoms with van der Waals surface area (Å²) >= 11 is 0. The van der Waals surface area contributed by atoms with Gasteiger partial charge in [0.2, 0.25) is 11.8 Å². The average Bonchev–Trinajstić information content (AvgIpc) is 3.90. The molecule has 4 aromatic rings. The van der Waals surface area contributed by atoms with E-state index in [0.29, 0.717) is 44.8 Å². The number of amides is 2. The van der Waals surface area contributed by atoms with Crippen molar-refractivity contribution in [2.45, 2.75) is 90.3 Å². The summed E-state index contributed by atoms with van der Waals surface area (Å²) in [7, 11) is 1.68. The van der Waals surface area contributed by atoms with Gasteiger partial charge in [0.15, 0.2) is 5.65 Å². The summed E-state index contributed by atoms with van der Waals surface area (Å²) in [5, 5.41) is 18.8. The Morgan fingerprint density at radius 3 is 2.59 bits per heavy atom. The summed E-state index contributed by atoms with van der Waals surface area (Å²) in [4.78, 5) is 33.6. The highest BCUT2D eigenvalue weighted by Crippen LogP contribution is 2.34. The molecule has 7 rings (SSSR count). The zero-order valence-corrected chi connectivity index (χ0v) is 30.0. The van der Waals surface area contributed by atoms with Gasteiger partial charge >= 0.3 is 0 Å². The van der Waals surface area contributed by atoms with E-state index < -0.39 is 0 Å². The van der Waals surface area contributed by atoms with Crippen LogP contribution in [0.2, 0.25) is 0 Å². The largest absolute Gasteiger partial charge is 0.496 e. The molecule has 5 heterocycles. The number of carbonyl (C=O) groups excluding carboxylic acids is 2. The van der Waals surface area contributed by atoms with Crippen LogP contribution in [-0.2, 0) is 46.9 Å². The molecule has 0 saturated carbocycles. The number of hydrogen-bond donors (Lipinski definition) is 4. The summed E-state index contributed by atoms with van der Waals surface area (Å²) in [6, 6.07) is 16.1. The molecule has 12 nitrogen and oxygen atoms in total. The van der Waals surface area contributed by atoms with E-state index in [9.17, 15) is 9.59 Å². The number of aryl methyl sites for hydroxylation is 2. The number of fused-ring (bicyclic) bond motifs is 3. The van der Waals surface area contributed by atoms with Gasteiger partial charge < -0.3 is 30.7 Å². The minimum atomic E-state index is -0.342. The second kappa shape index (κ2) is 15.8. The number of aromatic nitrogens is 3. The Kier molecular flexibility index (Phi) is 10.8. The number of nitrogens with one attached hydrogen (secondary N) is 4. The molecule has 2 bridgehead atoms. The van der Waals surface area contributed by atoms with Crippen molar-refractivity contribution in [1.29, 1.82) is 0 Å². The molecule has 0 radical (unpaired) electrons. The van der Waals surface area contributed by atoms with Crippen molar-refractivity contribution in [2.24, 2.45) is 0 Å². The van der Waals surface area contributed by atoms with Gasteiger partial charge in [0.05, 0.1) is 24.4 Å². The molecule has 0 spiro atoms. The zero-order chi connectivity index (χ0) is 35.3. The molecule has 0 aliphatic carbocycles. The Bertz CT molecular complexity index is 1870. The number of piperazine rings is 1. The standard InChI is InChI=1S/C39H50N8O4/c1-4-34-32(38(44-28-11-13-51-14-12-28)33-22-43-47(5-2)39(33)45-34)21-42-37(49)18-36(48)41-19-25-9-10-35(50-3)31(16-25)27-8-6-7-26(15-27)23-46-24-29-17-30(46)20-40-29/h6-10,15-16,22,28-30,40H,4-5,11-14,17-21,23-24H2,1-3H3,(H,41,48)(H,42,49)(H,44,45)/t29-,30-/m0/s1. The molecule has 12 heteroatoms. The summed E-state index contributed by atoms with van der Waals surface area (Å²) in [6.45, 7) is 9.91. The van der Waals surface area contributed by atoms with Gasteiger partial charge in [-0.25, -0.2) is 9.67 Å². The first-order valence-electron chi connectivity index (χ1n) is 18.4. The Labute approximate surface area is 299 Å². The first kappa shape index (κ1) is 34.9. The van der Waals surface area contributed by atoms with E-state index in [1.54, 1.807) is 7.11 Å². The Balaban J connectivity index is 0.985. The quantitative estimate of drug-likeness (QED) is 0.144. The molecule has 2 aromatic heterocycles. The van der Waals surface area contributed by atoms with Crippen LogP contribution in [0.5, 0.6) is 5.75 Å².